The van der Waals surface area contributed by atoms with E-state index in [9.17, 15) is 22.4 Å². The number of sulfonamides is 1. The van der Waals surface area contributed by atoms with Crippen molar-refractivity contribution in [2.24, 2.45) is 0 Å². The van der Waals surface area contributed by atoms with Gasteiger partial charge in [-0.3, -0.25) is 13.9 Å². The van der Waals surface area contributed by atoms with Crippen LogP contribution >= 0.6 is 11.6 Å². The van der Waals surface area contributed by atoms with E-state index in [1.807, 2.05) is 0 Å². The van der Waals surface area contributed by atoms with E-state index in [0.717, 1.165) is 4.31 Å². The van der Waals surface area contributed by atoms with Gasteiger partial charge in [0.05, 0.1) is 17.7 Å². The maximum absolute atomic E-state index is 13.9. The van der Waals surface area contributed by atoms with Crippen LogP contribution in [-0.4, -0.2) is 51.4 Å². The Morgan fingerprint density at radius 1 is 0.974 bits per heavy atom. The SMILES string of the molecule is CCNC(=O)C(CC)N(Cc1ccc(F)cc1)C(=O)CN(c1ccc(Cl)cc1)S(=O)(=O)c1ccc(OC)cc1. The minimum absolute atomic E-state index is 0.0220. The van der Waals surface area contributed by atoms with Crippen LogP contribution in [-0.2, 0) is 26.2 Å². The Bertz CT molecular complexity index is 1370. The Hall–Kier alpha value is -3.63. The van der Waals surface area contributed by atoms with E-state index in [4.69, 9.17) is 16.3 Å². The number of methoxy groups -OCH3 is 1. The van der Waals surface area contributed by atoms with Crippen LogP contribution in [0.15, 0.2) is 77.7 Å². The molecule has 1 atom stereocenters. The van der Waals surface area contributed by atoms with Crippen molar-refractivity contribution >= 4 is 39.1 Å². The van der Waals surface area contributed by atoms with E-state index in [0.29, 0.717) is 22.9 Å². The number of benzene rings is 3. The summed E-state index contributed by atoms with van der Waals surface area (Å²) in [4.78, 5) is 28.1. The van der Waals surface area contributed by atoms with E-state index < -0.39 is 34.3 Å². The fourth-order valence-corrected chi connectivity index (χ4v) is 5.55. The summed E-state index contributed by atoms with van der Waals surface area (Å²) in [5.41, 5.74) is 0.805. The summed E-state index contributed by atoms with van der Waals surface area (Å²) in [6.07, 6.45) is 0.283. The molecule has 0 saturated carbocycles. The monoisotopic (exact) mass is 575 g/mol. The number of hydrogen-bond acceptors (Lipinski definition) is 5. The van der Waals surface area contributed by atoms with Gasteiger partial charge in [-0.05, 0) is 79.6 Å². The predicted octanol–water partition coefficient (Wildman–Crippen LogP) is 4.63. The van der Waals surface area contributed by atoms with Gasteiger partial charge in [-0.2, -0.15) is 0 Å². The first-order valence-corrected chi connectivity index (χ1v) is 14.2. The highest BCUT2D eigenvalue weighted by Gasteiger charge is 2.33. The molecule has 0 aromatic heterocycles. The van der Waals surface area contributed by atoms with Crippen molar-refractivity contribution in [3.8, 4) is 5.75 Å². The topological polar surface area (TPSA) is 96.0 Å². The first-order valence-electron chi connectivity index (χ1n) is 12.3. The Morgan fingerprint density at radius 3 is 2.13 bits per heavy atom. The Balaban J connectivity index is 2.04. The number of nitrogens with one attached hydrogen (secondary N) is 1. The molecule has 0 heterocycles. The number of hydrogen-bond donors (Lipinski definition) is 1. The van der Waals surface area contributed by atoms with Crippen molar-refractivity contribution in [2.75, 3.05) is 24.5 Å². The molecular weight excluding hydrogens is 545 g/mol. The molecule has 0 radical (unpaired) electrons. The van der Waals surface area contributed by atoms with Crippen LogP contribution in [0.4, 0.5) is 10.1 Å². The molecule has 1 unspecified atom stereocenters. The molecule has 0 bridgehead atoms. The maximum Gasteiger partial charge on any atom is 0.264 e. The third-order valence-corrected chi connectivity index (χ3v) is 8.08. The maximum atomic E-state index is 13.9. The molecule has 3 aromatic carbocycles. The molecule has 208 valence electrons. The first-order chi connectivity index (χ1) is 18.6. The van der Waals surface area contributed by atoms with Crippen LogP contribution < -0.4 is 14.4 Å². The standard InChI is InChI=1S/C28H31ClFN3O5S/c1-4-26(28(35)31-5-2)32(18-20-6-10-22(30)11-7-20)27(34)19-33(23-12-8-21(29)9-13-23)39(36,37)25-16-14-24(38-3)15-17-25/h6-17,26H,4-5,18-19H2,1-3H3,(H,31,35). The number of halogens is 2. The molecule has 1 N–H and O–H groups in total. The zero-order valence-corrected chi connectivity index (χ0v) is 23.5. The number of likely N-dealkylation sites (N-methyl/N-ethyl adjacent to an activating group) is 1. The normalized spacial score (nSPS) is 11.9. The number of anilines is 1. The Labute approximate surface area is 233 Å². The Morgan fingerprint density at radius 2 is 1.59 bits per heavy atom. The lowest BCUT2D eigenvalue weighted by atomic mass is 10.1. The lowest BCUT2D eigenvalue weighted by molar-refractivity contribution is -0.140. The van der Waals surface area contributed by atoms with Crippen molar-refractivity contribution in [1.29, 1.82) is 0 Å². The van der Waals surface area contributed by atoms with Gasteiger partial charge in [-0.25, -0.2) is 12.8 Å². The number of carbonyl (C=O) groups excluding carboxylic acids is 2. The molecular formula is C28H31ClFN3O5S. The zero-order valence-electron chi connectivity index (χ0n) is 21.9. The molecule has 0 aliphatic carbocycles. The van der Waals surface area contributed by atoms with E-state index in [1.165, 1.54) is 84.8 Å². The average molecular weight is 576 g/mol. The van der Waals surface area contributed by atoms with Crippen LogP contribution in [0.1, 0.15) is 25.8 Å². The van der Waals surface area contributed by atoms with Gasteiger partial charge in [-0.1, -0.05) is 30.7 Å². The van der Waals surface area contributed by atoms with Gasteiger partial charge in [0.25, 0.3) is 10.0 Å². The largest absolute Gasteiger partial charge is 0.497 e. The van der Waals surface area contributed by atoms with Gasteiger partial charge in [0, 0.05) is 18.1 Å². The van der Waals surface area contributed by atoms with Crippen molar-refractivity contribution < 1.29 is 27.1 Å². The van der Waals surface area contributed by atoms with Gasteiger partial charge in [-0.15, -0.1) is 0 Å². The van der Waals surface area contributed by atoms with Crippen LogP contribution in [0, 0.1) is 5.82 Å². The quantitative estimate of drug-likeness (QED) is 0.340. The summed E-state index contributed by atoms with van der Waals surface area (Å²) in [5.74, 6) is -0.941. The molecule has 2 amide bonds. The lowest BCUT2D eigenvalue weighted by Gasteiger charge is -2.33. The fraction of sp³-hybridized carbons (Fsp3) is 0.286. The summed E-state index contributed by atoms with van der Waals surface area (Å²) in [6.45, 7) is 3.27. The van der Waals surface area contributed by atoms with Crippen LogP contribution in [0.25, 0.3) is 0 Å². The molecule has 3 aromatic rings. The summed E-state index contributed by atoms with van der Waals surface area (Å²) in [6, 6.07) is 16.5. The van der Waals surface area contributed by atoms with Crippen molar-refractivity contribution in [2.45, 2.75) is 37.8 Å². The van der Waals surface area contributed by atoms with Gasteiger partial charge in [0.1, 0.15) is 24.2 Å². The highest BCUT2D eigenvalue weighted by atomic mass is 35.5. The number of nitrogens with zero attached hydrogens (tertiary/aromatic N) is 2. The van der Waals surface area contributed by atoms with Gasteiger partial charge < -0.3 is 15.0 Å². The van der Waals surface area contributed by atoms with Crippen LogP contribution in [0.2, 0.25) is 5.02 Å². The van der Waals surface area contributed by atoms with Gasteiger partial charge >= 0.3 is 0 Å². The molecule has 8 nitrogen and oxygen atoms in total. The second kappa shape index (κ2) is 13.4. The smallest absolute Gasteiger partial charge is 0.264 e. The van der Waals surface area contributed by atoms with Gasteiger partial charge in [0.15, 0.2) is 0 Å². The average Bonchev–Trinajstić information content (AvgIpc) is 2.93. The minimum atomic E-state index is -4.22. The van der Waals surface area contributed by atoms with Gasteiger partial charge in [0.2, 0.25) is 11.8 Å². The third-order valence-electron chi connectivity index (χ3n) is 6.04. The third kappa shape index (κ3) is 7.48. The number of ether oxygens (including phenoxy) is 1. The van der Waals surface area contributed by atoms with Crippen LogP contribution in [0.3, 0.4) is 0 Å². The van der Waals surface area contributed by atoms with Crippen LogP contribution in [0.5, 0.6) is 5.75 Å². The summed E-state index contributed by atoms with van der Waals surface area (Å²) in [5, 5.41) is 3.13. The van der Waals surface area contributed by atoms with E-state index in [1.54, 1.807) is 13.8 Å². The summed E-state index contributed by atoms with van der Waals surface area (Å²) >= 11 is 6.04. The molecule has 11 heteroatoms. The lowest BCUT2D eigenvalue weighted by Crippen LogP contribution is -2.52. The molecule has 0 spiro atoms. The molecule has 0 aliphatic heterocycles. The molecule has 3 rings (SSSR count). The van der Waals surface area contributed by atoms with E-state index in [2.05, 4.69) is 5.32 Å². The number of amides is 2. The molecule has 39 heavy (non-hydrogen) atoms. The highest BCUT2D eigenvalue weighted by molar-refractivity contribution is 7.92. The number of carbonyl (C=O) groups is 2. The Kier molecular flexibility index (Phi) is 10.3. The predicted molar refractivity (Wildman–Crippen MR) is 149 cm³/mol. The molecule has 0 fully saturated rings. The van der Waals surface area contributed by atoms with E-state index >= 15 is 0 Å². The van der Waals surface area contributed by atoms with Crippen molar-refractivity contribution in [1.82, 2.24) is 10.2 Å². The molecule has 0 aliphatic rings. The zero-order chi connectivity index (χ0) is 28.6. The fourth-order valence-electron chi connectivity index (χ4n) is 4.01. The first kappa shape index (κ1) is 29.9. The van der Waals surface area contributed by atoms with Crippen molar-refractivity contribution in [3.63, 3.8) is 0 Å². The number of rotatable bonds is 12. The second-order valence-corrected chi connectivity index (χ2v) is 10.9. The second-order valence-electron chi connectivity index (χ2n) is 8.63. The summed E-state index contributed by atoms with van der Waals surface area (Å²) in [7, 11) is -2.76. The highest BCUT2D eigenvalue weighted by Crippen LogP contribution is 2.27. The minimum Gasteiger partial charge on any atom is -0.497 e. The summed E-state index contributed by atoms with van der Waals surface area (Å²) < 4.78 is 47.3. The molecule has 0 saturated heterocycles. The van der Waals surface area contributed by atoms with E-state index in [-0.39, 0.29) is 29.5 Å². The van der Waals surface area contributed by atoms with Crippen molar-refractivity contribution in [3.05, 3.63) is 89.2 Å².